The van der Waals surface area contributed by atoms with E-state index in [1.54, 1.807) is 18.4 Å². The highest BCUT2D eigenvalue weighted by atomic mass is 32.2. The number of thioether (sulfide) groups is 1. The maximum absolute atomic E-state index is 11.1. The maximum atomic E-state index is 11.1. The molecule has 0 aliphatic rings. The number of aliphatic hydroxyl groups is 1. The summed E-state index contributed by atoms with van der Waals surface area (Å²) in [5.74, 6) is 0.519. The van der Waals surface area contributed by atoms with E-state index in [0.29, 0.717) is 39.4 Å². The minimum Gasteiger partial charge on any atom is -0.491 e. The molecule has 2 aromatic heterocycles. The van der Waals surface area contributed by atoms with Gasteiger partial charge in [0.2, 0.25) is 5.16 Å². The third-order valence-electron chi connectivity index (χ3n) is 5.17. The number of aliphatic hydroxyl groups excluding tert-OH is 1. The summed E-state index contributed by atoms with van der Waals surface area (Å²) in [7, 11) is 0. The quantitative estimate of drug-likeness (QED) is 0.362. The van der Waals surface area contributed by atoms with Crippen molar-refractivity contribution < 1.29 is 19.7 Å². The first-order valence-corrected chi connectivity index (χ1v) is 11.4. The van der Waals surface area contributed by atoms with Crippen molar-refractivity contribution in [3.63, 3.8) is 0 Å². The van der Waals surface area contributed by atoms with Crippen LogP contribution in [0.15, 0.2) is 59.8 Å². The lowest BCUT2D eigenvalue weighted by Crippen LogP contribution is -2.20. The SMILES string of the molecule is Cc1nc2nc(SC[C@H](O)COc3ccc(-c4ccccc4)cc3)nn2c(C)c1CC(=O)O. The number of carboxylic acids is 1. The van der Waals surface area contributed by atoms with E-state index in [4.69, 9.17) is 9.84 Å². The van der Waals surface area contributed by atoms with Crippen LogP contribution in [-0.4, -0.2) is 54.2 Å². The molecule has 4 aromatic rings. The van der Waals surface area contributed by atoms with Crippen molar-refractivity contribution in [2.75, 3.05) is 12.4 Å². The predicted octanol–water partition coefficient (Wildman–Crippen LogP) is 3.57. The van der Waals surface area contributed by atoms with E-state index in [-0.39, 0.29) is 13.0 Å². The number of rotatable bonds is 9. The highest BCUT2D eigenvalue weighted by Crippen LogP contribution is 2.23. The number of nitrogens with zero attached hydrogens (tertiary/aromatic N) is 4. The molecule has 2 N–H and O–H groups in total. The van der Waals surface area contributed by atoms with Crippen molar-refractivity contribution in [2.45, 2.75) is 31.5 Å². The molecule has 0 saturated heterocycles. The second kappa shape index (κ2) is 10.0. The zero-order chi connectivity index (χ0) is 23.4. The second-order valence-corrected chi connectivity index (χ2v) is 8.59. The lowest BCUT2D eigenvalue weighted by atomic mass is 10.1. The first kappa shape index (κ1) is 22.8. The van der Waals surface area contributed by atoms with Crippen LogP contribution in [0.1, 0.15) is 17.0 Å². The lowest BCUT2D eigenvalue weighted by Gasteiger charge is -2.11. The molecule has 2 heterocycles. The molecular formula is C24H24N4O4S. The number of ether oxygens (including phenoxy) is 1. The maximum Gasteiger partial charge on any atom is 0.307 e. The first-order valence-electron chi connectivity index (χ1n) is 10.4. The van der Waals surface area contributed by atoms with E-state index in [0.717, 1.165) is 11.1 Å². The number of fused-ring (bicyclic) bond motifs is 1. The number of aromatic nitrogens is 4. The number of benzene rings is 2. The number of aliphatic carboxylic acids is 1. The molecule has 0 aliphatic carbocycles. The molecule has 0 saturated carbocycles. The molecule has 2 aromatic carbocycles. The summed E-state index contributed by atoms with van der Waals surface area (Å²) in [6, 6.07) is 17.8. The molecule has 9 heteroatoms. The van der Waals surface area contributed by atoms with Crippen molar-refractivity contribution in [1.29, 1.82) is 0 Å². The Balaban J connectivity index is 1.33. The van der Waals surface area contributed by atoms with E-state index in [2.05, 4.69) is 27.2 Å². The summed E-state index contributed by atoms with van der Waals surface area (Å²) in [5, 5.41) is 24.3. The van der Waals surface area contributed by atoms with Gasteiger partial charge in [0.1, 0.15) is 12.4 Å². The lowest BCUT2D eigenvalue weighted by molar-refractivity contribution is -0.136. The van der Waals surface area contributed by atoms with Crippen LogP contribution < -0.4 is 4.74 Å². The average molecular weight is 465 g/mol. The third kappa shape index (κ3) is 5.50. The molecule has 1 atom stereocenters. The molecule has 0 amide bonds. The molecule has 8 nitrogen and oxygen atoms in total. The van der Waals surface area contributed by atoms with Crippen LogP contribution in [0.2, 0.25) is 0 Å². The summed E-state index contributed by atoms with van der Waals surface area (Å²) in [6.45, 7) is 3.71. The number of carbonyl (C=O) groups is 1. The molecule has 33 heavy (non-hydrogen) atoms. The highest BCUT2D eigenvalue weighted by molar-refractivity contribution is 7.99. The second-order valence-electron chi connectivity index (χ2n) is 7.60. The average Bonchev–Trinajstić information content (AvgIpc) is 3.23. The van der Waals surface area contributed by atoms with Crippen molar-refractivity contribution in [2.24, 2.45) is 0 Å². The van der Waals surface area contributed by atoms with Crippen molar-refractivity contribution >= 4 is 23.5 Å². The van der Waals surface area contributed by atoms with E-state index < -0.39 is 12.1 Å². The standard InChI is InChI=1S/C24H24N4O4S/c1-15-21(12-22(30)31)16(2)28-23(25-15)26-24(27-28)33-14-19(29)13-32-20-10-8-18(9-11-20)17-6-4-3-5-7-17/h3-11,19,29H,12-14H2,1-2H3,(H,30,31)/t19-/m1/s1. The fourth-order valence-corrected chi connectivity index (χ4v) is 4.17. The highest BCUT2D eigenvalue weighted by Gasteiger charge is 2.16. The first-order chi connectivity index (χ1) is 15.9. The number of hydrogen-bond acceptors (Lipinski definition) is 7. The summed E-state index contributed by atoms with van der Waals surface area (Å²) in [6.07, 6.45) is -0.834. The van der Waals surface area contributed by atoms with E-state index >= 15 is 0 Å². The Kier molecular flexibility index (Phi) is 6.90. The number of aryl methyl sites for hydroxylation is 2. The predicted molar refractivity (Wildman–Crippen MR) is 126 cm³/mol. The zero-order valence-electron chi connectivity index (χ0n) is 18.3. The van der Waals surface area contributed by atoms with E-state index in [1.807, 2.05) is 42.5 Å². The van der Waals surface area contributed by atoms with Crippen LogP contribution in [0, 0.1) is 13.8 Å². The molecule has 0 bridgehead atoms. The Morgan fingerprint density at radius 2 is 1.76 bits per heavy atom. The summed E-state index contributed by atoms with van der Waals surface area (Å²) in [5.41, 5.74) is 4.18. The third-order valence-corrected chi connectivity index (χ3v) is 6.15. The van der Waals surface area contributed by atoms with Gasteiger partial charge in [-0.3, -0.25) is 4.79 Å². The Bertz CT molecular complexity index is 1260. The number of hydrogen-bond donors (Lipinski definition) is 2. The summed E-state index contributed by atoms with van der Waals surface area (Å²) in [4.78, 5) is 19.9. The molecule has 0 radical (unpaired) electrons. The molecule has 0 aliphatic heterocycles. The zero-order valence-corrected chi connectivity index (χ0v) is 19.1. The summed E-state index contributed by atoms with van der Waals surface area (Å²) < 4.78 is 7.26. The normalized spacial score (nSPS) is 12.1. The van der Waals surface area contributed by atoms with E-state index in [1.165, 1.54) is 11.8 Å². The van der Waals surface area contributed by atoms with Gasteiger partial charge in [0, 0.05) is 22.7 Å². The summed E-state index contributed by atoms with van der Waals surface area (Å²) >= 11 is 1.29. The molecular weight excluding hydrogens is 440 g/mol. The monoisotopic (exact) mass is 464 g/mol. The number of carboxylic acid groups (broad SMARTS) is 1. The van der Waals surface area contributed by atoms with Gasteiger partial charge in [0.15, 0.2) is 0 Å². The van der Waals surface area contributed by atoms with Gasteiger partial charge in [-0.2, -0.15) is 4.98 Å². The molecule has 170 valence electrons. The molecule has 0 fully saturated rings. The Morgan fingerprint density at radius 3 is 2.45 bits per heavy atom. The van der Waals surface area contributed by atoms with Crippen molar-refractivity contribution in [1.82, 2.24) is 19.6 Å². The topological polar surface area (TPSA) is 110 Å². The van der Waals surface area contributed by atoms with Crippen molar-refractivity contribution in [3.8, 4) is 16.9 Å². The minimum absolute atomic E-state index is 0.120. The van der Waals surface area contributed by atoms with Crippen LogP contribution >= 0.6 is 11.8 Å². The van der Waals surface area contributed by atoms with Gasteiger partial charge in [-0.05, 0) is 37.1 Å². The van der Waals surface area contributed by atoms with Gasteiger partial charge >= 0.3 is 5.97 Å². The molecule has 4 rings (SSSR count). The van der Waals surface area contributed by atoms with Gasteiger partial charge in [-0.25, -0.2) is 9.50 Å². The van der Waals surface area contributed by atoms with Gasteiger partial charge in [-0.15, -0.1) is 5.10 Å². The Labute approximate surface area is 195 Å². The van der Waals surface area contributed by atoms with Crippen molar-refractivity contribution in [3.05, 3.63) is 71.5 Å². The minimum atomic E-state index is -0.921. The van der Waals surface area contributed by atoms with Gasteiger partial charge in [0.05, 0.1) is 12.5 Å². The van der Waals surface area contributed by atoms with E-state index in [9.17, 15) is 9.90 Å². The van der Waals surface area contributed by atoms with Crippen LogP contribution in [0.3, 0.4) is 0 Å². The molecule has 0 unspecified atom stereocenters. The fourth-order valence-electron chi connectivity index (χ4n) is 3.44. The van der Waals surface area contributed by atoms with Crippen LogP contribution in [0.4, 0.5) is 0 Å². The van der Waals surface area contributed by atoms with Crippen LogP contribution in [-0.2, 0) is 11.2 Å². The van der Waals surface area contributed by atoms with Crippen LogP contribution in [0.5, 0.6) is 5.75 Å². The van der Waals surface area contributed by atoms with Crippen LogP contribution in [0.25, 0.3) is 16.9 Å². The largest absolute Gasteiger partial charge is 0.491 e. The fraction of sp³-hybridized carbons (Fsp3) is 0.250. The molecule has 0 spiro atoms. The van der Waals surface area contributed by atoms with Gasteiger partial charge in [-0.1, -0.05) is 54.2 Å². The smallest absolute Gasteiger partial charge is 0.307 e. The van der Waals surface area contributed by atoms with Gasteiger partial charge < -0.3 is 14.9 Å². The Hall–Kier alpha value is -3.43. The van der Waals surface area contributed by atoms with Gasteiger partial charge in [0.25, 0.3) is 5.78 Å². The Morgan fingerprint density at radius 1 is 1.06 bits per heavy atom.